The molecular weight excluding hydrogens is 430 g/mol. The molecule has 0 saturated heterocycles. The number of nitro benzene ring substituents is 1. The Kier molecular flexibility index (Phi) is 6.88. The molecular formula is C23H29N3O5S. The predicted molar refractivity (Wildman–Crippen MR) is 124 cm³/mol. The minimum atomic E-state index is -3.89. The van der Waals surface area contributed by atoms with Gasteiger partial charge in [0.25, 0.3) is 5.69 Å². The number of non-ortho nitro benzene ring substituents is 1. The second-order valence-electron chi connectivity index (χ2n) is 8.43. The van der Waals surface area contributed by atoms with Gasteiger partial charge in [0, 0.05) is 12.1 Å². The number of nitrogens with one attached hydrogen (secondary N) is 1. The first-order valence-corrected chi connectivity index (χ1v) is 12.5. The zero-order valence-electron chi connectivity index (χ0n) is 18.8. The molecule has 0 fully saturated rings. The van der Waals surface area contributed by atoms with Crippen LogP contribution in [0.4, 0.5) is 11.4 Å². The maximum Gasteiger partial charge on any atom is 0.271 e. The molecule has 32 heavy (non-hydrogen) atoms. The minimum Gasteiger partial charge on any atom is -0.348 e. The first-order chi connectivity index (χ1) is 15.0. The second-order valence-corrected chi connectivity index (χ2v) is 10.3. The number of carbonyl (C=O) groups is 1. The van der Waals surface area contributed by atoms with Crippen LogP contribution in [0.25, 0.3) is 0 Å². The lowest BCUT2D eigenvalue weighted by Crippen LogP contribution is -2.48. The lowest BCUT2D eigenvalue weighted by molar-refractivity contribution is -0.384. The van der Waals surface area contributed by atoms with Crippen molar-refractivity contribution in [3.8, 4) is 0 Å². The standard InChI is InChI=1S/C23H29N3O5S/c1-15-9-12-21(26(28)29)14-22(15)25(32(4,30)31)17(3)23(27)24-16(2)19-11-10-18-7-5-6-8-20(18)13-19/h9-14,16-17H,5-8H2,1-4H3,(H,24,27)/t16-,17-/m1/s1. The van der Waals surface area contributed by atoms with Crippen LogP contribution in [0.2, 0.25) is 0 Å². The van der Waals surface area contributed by atoms with Crippen molar-refractivity contribution in [2.24, 2.45) is 0 Å². The van der Waals surface area contributed by atoms with Gasteiger partial charge in [-0.05, 0) is 68.7 Å². The Bertz CT molecular complexity index is 1150. The van der Waals surface area contributed by atoms with Gasteiger partial charge in [-0.2, -0.15) is 0 Å². The molecule has 0 bridgehead atoms. The van der Waals surface area contributed by atoms with Gasteiger partial charge in [-0.1, -0.05) is 24.3 Å². The highest BCUT2D eigenvalue weighted by Gasteiger charge is 2.32. The van der Waals surface area contributed by atoms with Crippen molar-refractivity contribution >= 4 is 27.3 Å². The van der Waals surface area contributed by atoms with Crippen molar-refractivity contribution in [3.05, 3.63) is 68.8 Å². The Morgan fingerprint density at radius 3 is 2.38 bits per heavy atom. The Morgan fingerprint density at radius 1 is 1.09 bits per heavy atom. The lowest BCUT2D eigenvalue weighted by atomic mass is 9.89. The van der Waals surface area contributed by atoms with E-state index in [1.807, 2.05) is 13.0 Å². The summed E-state index contributed by atoms with van der Waals surface area (Å²) in [6.07, 6.45) is 5.42. The molecule has 0 spiro atoms. The molecule has 0 unspecified atom stereocenters. The van der Waals surface area contributed by atoms with E-state index in [4.69, 9.17) is 0 Å². The average Bonchev–Trinajstić information content (AvgIpc) is 2.73. The Balaban J connectivity index is 1.86. The molecule has 1 N–H and O–H groups in total. The molecule has 3 rings (SSSR count). The van der Waals surface area contributed by atoms with Gasteiger partial charge < -0.3 is 5.32 Å². The summed E-state index contributed by atoms with van der Waals surface area (Å²) in [7, 11) is -3.89. The number of amides is 1. The highest BCUT2D eigenvalue weighted by molar-refractivity contribution is 7.92. The van der Waals surface area contributed by atoms with Crippen LogP contribution in [-0.4, -0.2) is 31.5 Å². The van der Waals surface area contributed by atoms with Gasteiger partial charge in [-0.25, -0.2) is 8.42 Å². The number of fused-ring (bicyclic) bond motifs is 1. The van der Waals surface area contributed by atoms with E-state index in [9.17, 15) is 23.3 Å². The van der Waals surface area contributed by atoms with Crippen molar-refractivity contribution in [1.82, 2.24) is 5.32 Å². The lowest BCUT2D eigenvalue weighted by Gasteiger charge is -2.30. The van der Waals surface area contributed by atoms with Crippen LogP contribution in [0.5, 0.6) is 0 Å². The fourth-order valence-corrected chi connectivity index (χ4v) is 5.39. The summed E-state index contributed by atoms with van der Waals surface area (Å²) in [5.41, 5.74) is 4.00. The number of hydrogen-bond donors (Lipinski definition) is 1. The number of rotatable bonds is 7. The molecule has 0 radical (unpaired) electrons. The SMILES string of the molecule is Cc1ccc([N+](=O)[O-])cc1N([C@H](C)C(=O)N[C@H](C)c1ccc2c(c1)CCCC2)S(C)(=O)=O. The van der Waals surface area contributed by atoms with Crippen LogP contribution in [0, 0.1) is 17.0 Å². The molecule has 1 aliphatic carbocycles. The molecule has 0 aliphatic heterocycles. The van der Waals surface area contributed by atoms with E-state index in [1.54, 1.807) is 6.92 Å². The minimum absolute atomic E-state index is 0.116. The summed E-state index contributed by atoms with van der Waals surface area (Å²) in [6.45, 7) is 4.99. The highest BCUT2D eigenvalue weighted by Crippen LogP contribution is 2.30. The molecule has 2 atom stereocenters. The second kappa shape index (κ2) is 9.28. The van der Waals surface area contributed by atoms with Gasteiger partial charge in [0.05, 0.1) is 22.9 Å². The third kappa shape index (κ3) is 5.09. The quantitative estimate of drug-likeness (QED) is 0.500. The maximum absolute atomic E-state index is 13.1. The molecule has 172 valence electrons. The fraction of sp³-hybridized carbons (Fsp3) is 0.435. The first-order valence-electron chi connectivity index (χ1n) is 10.7. The van der Waals surface area contributed by atoms with Crippen molar-refractivity contribution in [2.75, 3.05) is 10.6 Å². The molecule has 8 nitrogen and oxygen atoms in total. The summed E-state index contributed by atoms with van der Waals surface area (Å²) in [4.78, 5) is 23.7. The molecule has 0 heterocycles. The Labute approximate surface area is 188 Å². The van der Waals surface area contributed by atoms with Crippen LogP contribution in [0.3, 0.4) is 0 Å². The summed E-state index contributed by atoms with van der Waals surface area (Å²) >= 11 is 0. The summed E-state index contributed by atoms with van der Waals surface area (Å²) < 4.78 is 26.2. The van der Waals surface area contributed by atoms with E-state index in [1.165, 1.54) is 42.7 Å². The summed E-state index contributed by atoms with van der Waals surface area (Å²) in [5, 5.41) is 14.1. The molecule has 9 heteroatoms. The number of carbonyl (C=O) groups excluding carboxylic acids is 1. The summed E-state index contributed by atoms with van der Waals surface area (Å²) in [6, 6.07) is 8.78. The van der Waals surface area contributed by atoms with E-state index in [2.05, 4.69) is 17.4 Å². The topological polar surface area (TPSA) is 110 Å². The molecule has 0 saturated carbocycles. The van der Waals surface area contributed by atoms with Crippen LogP contribution < -0.4 is 9.62 Å². The van der Waals surface area contributed by atoms with Crippen LogP contribution in [0.15, 0.2) is 36.4 Å². The van der Waals surface area contributed by atoms with Crippen molar-refractivity contribution in [3.63, 3.8) is 0 Å². The van der Waals surface area contributed by atoms with Gasteiger partial charge in [0.15, 0.2) is 0 Å². The van der Waals surface area contributed by atoms with Crippen molar-refractivity contribution < 1.29 is 18.1 Å². The molecule has 1 amide bonds. The van der Waals surface area contributed by atoms with Crippen LogP contribution >= 0.6 is 0 Å². The number of sulfonamides is 1. The monoisotopic (exact) mass is 459 g/mol. The number of nitrogens with zero attached hydrogens (tertiary/aromatic N) is 2. The number of anilines is 1. The predicted octanol–water partition coefficient (Wildman–Crippen LogP) is 3.81. The van der Waals surface area contributed by atoms with Gasteiger partial charge in [0.1, 0.15) is 6.04 Å². The summed E-state index contributed by atoms with van der Waals surface area (Å²) in [5.74, 6) is -0.480. The van der Waals surface area contributed by atoms with E-state index in [0.29, 0.717) is 5.56 Å². The van der Waals surface area contributed by atoms with E-state index in [0.717, 1.165) is 35.4 Å². The van der Waals surface area contributed by atoms with Gasteiger partial charge in [0.2, 0.25) is 15.9 Å². The van der Waals surface area contributed by atoms with E-state index < -0.39 is 26.9 Å². The third-order valence-corrected chi connectivity index (χ3v) is 7.19. The number of hydrogen-bond acceptors (Lipinski definition) is 5. The largest absolute Gasteiger partial charge is 0.348 e. The third-order valence-electron chi connectivity index (χ3n) is 5.96. The Hall–Kier alpha value is -2.94. The normalized spacial score (nSPS) is 15.4. The Morgan fingerprint density at radius 2 is 1.75 bits per heavy atom. The fourth-order valence-electron chi connectivity index (χ4n) is 4.17. The molecule has 2 aromatic rings. The maximum atomic E-state index is 13.1. The van der Waals surface area contributed by atoms with Gasteiger partial charge in [-0.3, -0.25) is 19.2 Å². The van der Waals surface area contributed by atoms with Crippen LogP contribution in [0.1, 0.15) is 55.0 Å². The average molecular weight is 460 g/mol. The molecule has 1 aliphatic rings. The van der Waals surface area contributed by atoms with E-state index >= 15 is 0 Å². The van der Waals surface area contributed by atoms with Gasteiger partial charge in [-0.15, -0.1) is 0 Å². The van der Waals surface area contributed by atoms with Gasteiger partial charge >= 0.3 is 0 Å². The first kappa shape index (κ1) is 23.7. The van der Waals surface area contributed by atoms with E-state index in [-0.39, 0.29) is 17.4 Å². The highest BCUT2D eigenvalue weighted by atomic mass is 32.2. The zero-order chi connectivity index (χ0) is 23.6. The molecule has 2 aromatic carbocycles. The van der Waals surface area contributed by atoms with Crippen molar-refractivity contribution in [2.45, 2.75) is 58.5 Å². The smallest absolute Gasteiger partial charge is 0.271 e. The van der Waals surface area contributed by atoms with Crippen LogP contribution in [-0.2, 0) is 27.7 Å². The number of nitro groups is 1. The number of aryl methyl sites for hydroxylation is 3. The van der Waals surface area contributed by atoms with Crippen molar-refractivity contribution in [1.29, 1.82) is 0 Å². The number of benzene rings is 2. The molecule has 0 aromatic heterocycles. The zero-order valence-corrected chi connectivity index (χ0v) is 19.6.